The minimum atomic E-state index is -0.513. The third-order valence-corrected chi connectivity index (χ3v) is 3.82. The highest BCUT2D eigenvalue weighted by atomic mass is 35.5. The number of ether oxygens (including phenoxy) is 1. The molecule has 0 aliphatic carbocycles. The first-order chi connectivity index (χ1) is 10.8. The van der Waals surface area contributed by atoms with Gasteiger partial charge in [0.05, 0.1) is 12.6 Å². The van der Waals surface area contributed by atoms with Gasteiger partial charge in [-0.1, -0.05) is 39.3 Å². The number of likely N-dealkylation sites (N-methyl/N-ethyl adjacent to an activating group) is 1. The average molecular weight is 363 g/mol. The summed E-state index contributed by atoms with van der Waals surface area (Å²) in [5, 5.41) is 3.92. The van der Waals surface area contributed by atoms with Crippen LogP contribution in [-0.2, 0) is 16.1 Å². The maximum Gasteiger partial charge on any atom is 0.246 e. The molecule has 0 aliphatic rings. The van der Waals surface area contributed by atoms with Gasteiger partial charge in [0.15, 0.2) is 5.82 Å². The van der Waals surface area contributed by atoms with E-state index in [0.717, 1.165) is 6.42 Å². The highest BCUT2D eigenvalue weighted by Crippen LogP contribution is 2.15. The van der Waals surface area contributed by atoms with Crippen molar-refractivity contribution in [3.63, 3.8) is 0 Å². The molecule has 0 aromatic carbocycles. The zero-order valence-electron chi connectivity index (χ0n) is 15.5. The molecule has 0 fully saturated rings. The average Bonchev–Trinajstić information content (AvgIpc) is 2.98. The molecule has 0 aliphatic heterocycles. The predicted molar refractivity (Wildman–Crippen MR) is 94.7 cm³/mol. The lowest BCUT2D eigenvalue weighted by atomic mass is 9.99. The van der Waals surface area contributed by atoms with Crippen LogP contribution >= 0.6 is 12.4 Å². The number of nitrogens with zero attached hydrogens (tertiary/aromatic N) is 3. The summed E-state index contributed by atoms with van der Waals surface area (Å²) in [6.45, 7) is 10.9. The molecule has 0 saturated heterocycles. The monoisotopic (exact) mass is 362 g/mol. The fraction of sp³-hybridized carbons (Fsp3) is 0.812. The molecule has 1 amide bonds. The molecule has 0 radical (unpaired) electrons. The number of amides is 1. The van der Waals surface area contributed by atoms with Crippen molar-refractivity contribution in [2.24, 2.45) is 17.6 Å². The maximum atomic E-state index is 12.3. The number of nitrogens with two attached hydrogens (primary N) is 1. The Morgan fingerprint density at radius 1 is 1.33 bits per heavy atom. The number of halogens is 1. The Hall–Kier alpha value is -1.18. The van der Waals surface area contributed by atoms with Crippen molar-refractivity contribution in [3.8, 4) is 0 Å². The quantitative estimate of drug-likeness (QED) is 0.725. The van der Waals surface area contributed by atoms with Crippen LogP contribution in [-0.4, -0.2) is 40.6 Å². The van der Waals surface area contributed by atoms with Gasteiger partial charge in [0.1, 0.15) is 6.10 Å². The molecule has 3 unspecified atom stereocenters. The summed E-state index contributed by atoms with van der Waals surface area (Å²) in [6.07, 6.45) is 0.620. The van der Waals surface area contributed by atoms with Gasteiger partial charge in [0.2, 0.25) is 11.8 Å². The standard InChI is InChI=1S/C16H30N4O3.ClH/c1-7-11(4)14(17)16(21)20(6)8-13-18-15(19-23-13)12(5)22-9-10(2)3;/h10-12,14H,7-9,17H2,1-6H3;1H. The van der Waals surface area contributed by atoms with E-state index in [0.29, 0.717) is 24.2 Å². The molecule has 140 valence electrons. The summed E-state index contributed by atoms with van der Waals surface area (Å²) in [6, 6.07) is -0.513. The van der Waals surface area contributed by atoms with E-state index in [1.165, 1.54) is 4.90 Å². The summed E-state index contributed by atoms with van der Waals surface area (Å²) in [5.41, 5.74) is 5.97. The molecule has 0 spiro atoms. The van der Waals surface area contributed by atoms with E-state index < -0.39 is 6.04 Å². The Kier molecular flexibility index (Phi) is 10.1. The zero-order valence-corrected chi connectivity index (χ0v) is 16.3. The first kappa shape index (κ1) is 22.8. The van der Waals surface area contributed by atoms with Crippen LogP contribution in [0.2, 0.25) is 0 Å². The second kappa shape index (κ2) is 10.6. The molecule has 7 nitrogen and oxygen atoms in total. The van der Waals surface area contributed by atoms with Crippen LogP contribution in [0.1, 0.15) is 58.9 Å². The summed E-state index contributed by atoms with van der Waals surface area (Å²) >= 11 is 0. The smallest absolute Gasteiger partial charge is 0.246 e. The summed E-state index contributed by atoms with van der Waals surface area (Å²) in [4.78, 5) is 18.1. The van der Waals surface area contributed by atoms with Crippen molar-refractivity contribution < 1.29 is 14.1 Å². The molecule has 1 rings (SSSR count). The van der Waals surface area contributed by atoms with Crippen molar-refractivity contribution in [1.82, 2.24) is 15.0 Å². The van der Waals surface area contributed by atoms with E-state index in [-0.39, 0.29) is 36.9 Å². The minimum absolute atomic E-state index is 0. The molecule has 0 bridgehead atoms. The molecular formula is C16H31ClN4O3. The Morgan fingerprint density at radius 2 is 1.96 bits per heavy atom. The van der Waals surface area contributed by atoms with Gasteiger partial charge >= 0.3 is 0 Å². The third-order valence-electron chi connectivity index (χ3n) is 3.82. The van der Waals surface area contributed by atoms with Gasteiger partial charge in [-0.15, -0.1) is 12.4 Å². The SMILES string of the molecule is CCC(C)C(N)C(=O)N(C)Cc1nc(C(C)OCC(C)C)no1.Cl. The van der Waals surface area contributed by atoms with Gasteiger partial charge < -0.3 is 19.9 Å². The number of rotatable bonds is 9. The molecule has 1 heterocycles. The normalized spacial score (nSPS) is 14.8. The highest BCUT2D eigenvalue weighted by Gasteiger charge is 2.24. The van der Waals surface area contributed by atoms with Crippen LogP contribution in [0.4, 0.5) is 0 Å². The first-order valence-corrected chi connectivity index (χ1v) is 8.20. The largest absolute Gasteiger partial charge is 0.370 e. The van der Waals surface area contributed by atoms with Crippen molar-refractivity contribution in [2.75, 3.05) is 13.7 Å². The summed E-state index contributed by atoms with van der Waals surface area (Å²) < 4.78 is 10.9. The van der Waals surface area contributed by atoms with Crippen LogP contribution in [0.25, 0.3) is 0 Å². The van der Waals surface area contributed by atoms with Crippen LogP contribution in [0.5, 0.6) is 0 Å². The highest BCUT2D eigenvalue weighted by molar-refractivity contribution is 5.85. The van der Waals surface area contributed by atoms with E-state index in [1.807, 2.05) is 20.8 Å². The maximum absolute atomic E-state index is 12.3. The van der Waals surface area contributed by atoms with Crippen molar-refractivity contribution in [2.45, 2.75) is 59.7 Å². The Balaban J connectivity index is 0.00000529. The molecule has 0 saturated carbocycles. The van der Waals surface area contributed by atoms with E-state index in [4.69, 9.17) is 15.0 Å². The fourth-order valence-electron chi connectivity index (χ4n) is 1.94. The summed E-state index contributed by atoms with van der Waals surface area (Å²) in [5.74, 6) is 1.32. The van der Waals surface area contributed by atoms with Gasteiger partial charge in [-0.2, -0.15) is 4.98 Å². The zero-order chi connectivity index (χ0) is 17.6. The number of carbonyl (C=O) groups is 1. The topological polar surface area (TPSA) is 94.5 Å². The first-order valence-electron chi connectivity index (χ1n) is 8.20. The number of hydrogen-bond donors (Lipinski definition) is 1. The van der Waals surface area contributed by atoms with E-state index in [9.17, 15) is 4.79 Å². The molecule has 8 heteroatoms. The van der Waals surface area contributed by atoms with Crippen molar-refractivity contribution >= 4 is 18.3 Å². The number of hydrogen-bond acceptors (Lipinski definition) is 6. The van der Waals surface area contributed by atoms with Crippen molar-refractivity contribution in [1.29, 1.82) is 0 Å². The predicted octanol–water partition coefficient (Wildman–Crippen LogP) is 2.56. The van der Waals surface area contributed by atoms with E-state index >= 15 is 0 Å². The molecule has 3 atom stereocenters. The lowest BCUT2D eigenvalue weighted by Crippen LogP contribution is -2.45. The Morgan fingerprint density at radius 3 is 2.50 bits per heavy atom. The van der Waals surface area contributed by atoms with Crippen LogP contribution in [0.15, 0.2) is 4.52 Å². The molecule has 1 aromatic heterocycles. The number of aromatic nitrogens is 2. The van der Waals surface area contributed by atoms with Gasteiger partial charge in [0, 0.05) is 13.7 Å². The van der Waals surface area contributed by atoms with Crippen molar-refractivity contribution in [3.05, 3.63) is 11.7 Å². The molecule has 24 heavy (non-hydrogen) atoms. The molecule has 1 aromatic rings. The van der Waals surface area contributed by atoms with Crippen LogP contribution < -0.4 is 5.73 Å². The fourth-order valence-corrected chi connectivity index (χ4v) is 1.94. The van der Waals surface area contributed by atoms with Crippen LogP contribution in [0.3, 0.4) is 0 Å². The van der Waals surface area contributed by atoms with Crippen LogP contribution in [0, 0.1) is 11.8 Å². The molecular weight excluding hydrogens is 332 g/mol. The van der Waals surface area contributed by atoms with Gasteiger partial charge in [0.25, 0.3) is 0 Å². The second-order valence-electron chi connectivity index (χ2n) is 6.52. The van der Waals surface area contributed by atoms with Gasteiger partial charge in [-0.25, -0.2) is 0 Å². The van der Waals surface area contributed by atoms with E-state index in [1.54, 1.807) is 7.05 Å². The Labute approximate surface area is 150 Å². The third kappa shape index (κ3) is 6.75. The molecule has 2 N–H and O–H groups in total. The number of carbonyl (C=O) groups excluding carboxylic acids is 1. The minimum Gasteiger partial charge on any atom is -0.370 e. The Bertz CT molecular complexity index is 495. The van der Waals surface area contributed by atoms with E-state index in [2.05, 4.69) is 24.0 Å². The summed E-state index contributed by atoms with van der Waals surface area (Å²) in [7, 11) is 1.69. The lowest BCUT2D eigenvalue weighted by Gasteiger charge is -2.23. The lowest BCUT2D eigenvalue weighted by molar-refractivity contribution is -0.133. The van der Waals surface area contributed by atoms with Gasteiger partial charge in [-0.3, -0.25) is 4.79 Å². The van der Waals surface area contributed by atoms with Gasteiger partial charge in [-0.05, 0) is 18.8 Å². The second-order valence-corrected chi connectivity index (χ2v) is 6.52.